The predicted molar refractivity (Wildman–Crippen MR) is 167 cm³/mol. The van der Waals surface area contributed by atoms with Gasteiger partial charge in [0.2, 0.25) is 11.8 Å². The lowest BCUT2D eigenvalue weighted by atomic mass is 9.49. The summed E-state index contributed by atoms with van der Waals surface area (Å²) >= 11 is 2.26. The molecule has 0 spiro atoms. The zero-order valence-electron chi connectivity index (χ0n) is 24.4. The van der Waals surface area contributed by atoms with Crippen LogP contribution in [0.15, 0.2) is 42.5 Å². The minimum Gasteiger partial charge on any atom is -0.392 e. The summed E-state index contributed by atoms with van der Waals surface area (Å²) in [6.45, 7) is 5.06. The van der Waals surface area contributed by atoms with Crippen LogP contribution in [0.3, 0.4) is 0 Å². The summed E-state index contributed by atoms with van der Waals surface area (Å²) in [5, 5.41) is 24.5. The molecule has 0 unspecified atom stereocenters. The van der Waals surface area contributed by atoms with E-state index in [9.17, 15) is 24.8 Å². The van der Waals surface area contributed by atoms with E-state index in [1.54, 1.807) is 12.1 Å². The number of nitrogens with zero attached hydrogens (tertiary/aromatic N) is 2. The molecular weight excluding hydrogens is 645 g/mol. The fourth-order valence-corrected chi connectivity index (χ4v) is 10.0. The fourth-order valence-electron chi connectivity index (χ4n) is 9.13. The molecule has 8 nitrogen and oxygen atoms in total. The SMILES string of the molecule is CC(C)CNC(=O)[C@@]1(c2ccc([N+](=O)[O-])cc2)CC(=O)N(CC23CC4CC(CC(C4)C2)C3)[C@@H]1c1ccc(CO)cc1I. The first-order valence-electron chi connectivity index (χ1n) is 15.3. The molecule has 42 heavy (non-hydrogen) atoms. The van der Waals surface area contributed by atoms with Crippen molar-refractivity contribution in [3.8, 4) is 0 Å². The van der Waals surface area contributed by atoms with Gasteiger partial charge in [-0.3, -0.25) is 19.7 Å². The number of carbonyl (C=O) groups is 2. The Hall–Kier alpha value is -2.53. The second-order valence-electron chi connectivity index (χ2n) is 13.9. The first-order chi connectivity index (χ1) is 20.0. The van der Waals surface area contributed by atoms with Crippen molar-refractivity contribution in [3.63, 3.8) is 0 Å². The number of halogens is 1. The summed E-state index contributed by atoms with van der Waals surface area (Å²) in [5.74, 6) is 2.13. The molecule has 9 heteroatoms. The molecule has 5 aliphatic rings. The Morgan fingerprint density at radius 2 is 1.71 bits per heavy atom. The van der Waals surface area contributed by atoms with Crippen LogP contribution in [-0.4, -0.2) is 39.8 Å². The van der Waals surface area contributed by atoms with Crippen LogP contribution in [0.1, 0.15) is 81.5 Å². The van der Waals surface area contributed by atoms with E-state index in [1.807, 2.05) is 36.9 Å². The van der Waals surface area contributed by atoms with Crippen LogP contribution in [0.4, 0.5) is 5.69 Å². The van der Waals surface area contributed by atoms with Crippen molar-refractivity contribution in [2.75, 3.05) is 13.1 Å². The van der Waals surface area contributed by atoms with E-state index in [1.165, 1.54) is 31.4 Å². The summed E-state index contributed by atoms with van der Waals surface area (Å²) in [4.78, 5) is 41.9. The second kappa shape index (κ2) is 11.2. The largest absolute Gasteiger partial charge is 0.392 e. The minimum atomic E-state index is -1.26. The van der Waals surface area contributed by atoms with Gasteiger partial charge in [-0.15, -0.1) is 0 Å². The molecule has 4 saturated carbocycles. The zero-order chi connectivity index (χ0) is 29.8. The maximum Gasteiger partial charge on any atom is 0.269 e. The zero-order valence-corrected chi connectivity index (χ0v) is 26.5. The van der Waals surface area contributed by atoms with Gasteiger partial charge in [-0.2, -0.15) is 0 Å². The number of nitro benzene ring substituents is 1. The summed E-state index contributed by atoms with van der Waals surface area (Å²) in [5.41, 5.74) is 1.02. The molecule has 1 aliphatic heterocycles. The van der Waals surface area contributed by atoms with Gasteiger partial charge in [0.25, 0.3) is 5.69 Å². The van der Waals surface area contributed by atoms with Crippen molar-refractivity contribution in [1.82, 2.24) is 10.2 Å². The summed E-state index contributed by atoms with van der Waals surface area (Å²) in [6.07, 6.45) is 7.34. The number of aliphatic hydroxyl groups excluding tert-OH is 1. The molecule has 1 heterocycles. The standard InChI is InChI=1S/C33H40IN3O5/c1-20(2)17-35-31(40)33(25-4-6-26(7-5-25)37(41)42)16-29(39)36(30(33)27-8-3-21(18-38)12-28(27)34)19-32-13-22-9-23(14-32)11-24(10-22)15-32/h3-8,12,20,22-24,30,38H,9-11,13-19H2,1-2H3,(H,35,40)/t22?,23?,24?,30-,32?,33-/m1/s1. The van der Waals surface area contributed by atoms with Crippen molar-refractivity contribution in [3.05, 3.63) is 72.8 Å². The van der Waals surface area contributed by atoms with Crippen LogP contribution in [0.2, 0.25) is 0 Å². The Kier molecular flexibility index (Phi) is 7.87. The van der Waals surface area contributed by atoms with Gasteiger partial charge in [0.05, 0.1) is 17.6 Å². The van der Waals surface area contributed by atoms with Crippen LogP contribution in [0.5, 0.6) is 0 Å². The Bertz CT molecular complexity index is 1360. The molecule has 5 fully saturated rings. The number of rotatable bonds is 9. The van der Waals surface area contributed by atoms with Gasteiger partial charge >= 0.3 is 0 Å². The lowest BCUT2D eigenvalue weighted by Gasteiger charge is -2.58. The van der Waals surface area contributed by atoms with E-state index in [-0.39, 0.29) is 41.9 Å². The lowest BCUT2D eigenvalue weighted by Crippen LogP contribution is -2.53. The topological polar surface area (TPSA) is 113 Å². The molecule has 2 amide bonds. The molecule has 2 N–H and O–H groups in total. The van der Waals surface area contributed by atoms with Gasteiger partial charge in [0, 0.05) is 35.2 Å². The van der Waals surface area contributed by atoms with Gasteiger partial charge < -0.3 is 15.3 Å². The number of hydrogen-bond acceptors (Lipinski definition) is 5. The summed E-state index contributed by atoms with van der Waals surface area (Å²) in [6, 6.07) is 11.4. The van der Waals surface area contributed by atoms with Gasteiger partial charge in [-0.1, -0.05) is 38.1 Å². The predicted octanol–water partition coefficient (Wildman–Crippen LogP) is 5.89. The maximum absolute atomic E-state index is 14.5. The number of amides is 2. The third-order valence-corrected chi connectivity index (χ3v) is 11.3. The highest BCUT2D eigenvalue weighted by Gasteiger charge is 2.61. The van der Waals surface area contributed by atoms with Crippen molar-refractivity contribution >= 4 is 40.1 Å². The lowest BCUT2D eigenvalue weighted by molar-refractivity contribution is -0.384. The highest BCUT2D eigenvalue weighted by atomic mass is 127. The van der Waals surface area contributed by atoms with Gasteiger partial charge in [-0.05, 0) is 113 Å². The smallest absolute Gasteiger partial charge is 0.269 e. The summed E-state index contributed by atoms with van der Waals surface area (Å²) in [7, 11) is 0. The van der Waals surface area contributed by atoms with Crippen LogP contribution in [-0.2, 0) is 21.6 Å². The van der Waals surface area contributed by atoms with Gasteiger partial charge in [0.15, 0.2) is 0 Å². The number of hydrogen-bond donors (Lipinski definition) is 2. The molecule has 0 radical (unpaired) electrons. The second-order valence-corrected chi connectivity index (χ2v) is 15.1. The number of aliphatic hydroxyl groups is 1. The quantitative estimate of drug-likeness (QED) is 0.194. The van der Waals surface area contributed by atoms with Crippen molar-refractivity contribution in [1.29, 1.82) is 0 Å². The van der Waals surface area contributed by atoms with Crippen LogP contribution in [0, 0.1) is 42.8 Å². The Labute approximate surface area is 260 Å². The van der Waals surface area contributed by atoms with Crippen molar-refractivity contribution in [2.24, 2.45) is 29.1 Å². The molecule has 4 bridgehead atoms. The molecule has 2 atom stereocenters. The molecule has 2 aromatic carbocycles. The Balaban J connectivity index is 1.50. The average Bonchev–Trinajstić information content (AvgIpc) is 3.22. The van der Waals surface area contributed by atoms with E-state index in [0.29, 0.717) is 18.7 Å². The first-order valence-corrected chi connectivity index (χ1v) is 16.3. The number of nitro groups is 1. The molecule has 224 valence electrons. The Morgan fingerprint density at radius 3 is 2.24 bits per heavy atom. The van der Waals surface area contributed by atoms with Crippen LogP contribution < -0.4 is 5.32 Å². The number of non-ortho nitro benzene ring substituents is 1. The minimum absolute atomic E-state index is 0.00357. The summed E-state index contributed by atoms with van der Waals surface area (Å²) < 4.78 is 0.886. The highest BCUT2D eigenvalue weighted by molar-refractivity contribution is 14.1. The number of likely N-dealkylation sites (tertiary alicyclic amines) is 1. The maximum atomic E-state index is 14.5. The number of nitrogens with one attached hydrogen (secondary N) is 1. The third kappa shape index (κ3) is 5.14. The highest BCUT2D eigenvalue weighted by Crippen LogP contribution is 2.62. The molecule has 2 aromatic rings. The number of carbonyl (C=O) groups excluding carboxylic acids is 2. The first kappa shape index (κ1) is 29.5. The molecule has 0 aromatic heterocycles. The van der Waals surface area contributed by atoms with E-state index in [2.05, 4.69) is 27.9 Å². The van der Waals surface area contributed by atoms with Crippen molar-refractivity contribution < 1.29 is 19.6 Å². The third-order valence-electron chi connectivity index (χ3n) is 10.4. The monoisotopic (exact) mass is 685 g/mol. The molecule has 7 rings (SSSR count). The Morgan fingerprint density at radius 1 is 1.10 bits per heavy atom. The van der Waals surface area contributed by atoms with Crippen LogP contribution >= 0.6 is 22.6 Å². The van der Waals surface area contributed by atoms with Gasteiger partial charge in [-0.25, -0.2) is 0 Å². The molecule has 4 aliphatic carbocycles. The van der Waals surface area contributed by atoms with E-state index in [4.69, 9.17) is 0 Å². The molecular formula is C33H40IN3O5. The van der Waals surface area contributed by atoms with Crippen LogP contribution in [0.25, 0.3) is 0 Å². The normalized spacial score (nSPS) is 31.6. The van der Waals surface area contributed by atoms with Crippen molar-refractivity contribution in [2.45, 2.75) is 76.9 Å². The fraction of sp³-hybridized carbons (Fsp3) is 0.576. The van der Waals surface area contributed by atoms with E-state index >= 15 is 0 Å². The van der Waals surface area contributed by atoms with Gasteiger partial charge in [0.1, 0.15) is 5.41 Å². The number of benzene rings is 2. The average molecular weight is 686 g/mol. The van der Waals surface area contributed by atoms with E-state index < -0.39 is 16.4 Å². The molecule has 1 saturated heterocycles. The van der Waals surface area contributed by atoms with E-state index in [0.717, 1.165) is 51.7 Å².